The van der Waals surface area contributed by atoms with Gasteiger partial charge in [-0.05, 0) is 31.2 Å². The van der Waals surface area contributed by atoms with Gasteiger partial charge in [0.15, 0.2) is 0 Å². The van der Waals surface area contributed by atoms with E-state index in [2.05, 4.69) is 15.2 Å². The van der Waals surface area contributed by atoms with Crippen molar-refractivity contribution in [1.29, 1.82) is 0 Å². The van der Waals surface area contributed by atoms with E-state index < -0.39 is 11.9 Å². The summed E-state index contributed by atoms with van der Waals surface area (Å²) in [5.74, 6) is -3.65. The summed E-state index contributed by atoms with van der Waals surface area (Å²) in [5.41, 5.74) is 3.87. The number of phenols is 2. The standard InChI is InChI=1S/C17H13N3O2S.C2H2O4/c1-9-15(17-18-12-4-2-3-5-14(12)23-17)16(20-19-9)11-7-6-10(21)8-13(11)22;3-1(4)2(5)6/h2-8,21-22H,1H3,(H,19,20);(H,3,4)(H,5,6). The molecule has 0 radical (unpaired) electrons. The Kier molecular flexibility index (Phi) is 5.46. The van der Waals surface area contributed by atoms with E-state index in [0.717, 1.165) is 26.5 Å². The van der Waals surface area contributed by atoms with Crippen molar-refractivity contribution in [3.63, 3.8) is 0 Å². The summed E-state index contributed by atoms with van der Waals surface area (Å²) in [4.78, 5) is 22.9. The number of hydrogen-bond acceptors (Lipinski definition) is 7. The Morgan fingerprint density at radius 1 is 1.03 bits per heavy atom. The molecule has 0 unspecified atom stereocenters. The average molecular weight is 413 g/mol. The number of phenolic OH excluding ortho intramolecular Hbond substituents is 2. The molecule has 4 aromatic rings. The number of aliphatic carboxylic acids is 2. The van der Waals surface area contributed by atoms with E-state index in [1.165, 1.54) is 12.1 Å². The summed E-state index contributed by atoms with van der Waals surface area (Å²) in [6.07, 6.45) is 0. The molecular weight excluding hydrogens is 398 g/mol. The maximum absolute atomic E-state index is 10.1. The molecule has 29 heavy (non-hydrogen) atoms. The van der Waals surface area contributed by atoms with Crippen molar-refractivity contribution in [3.8, 4) is 33.3 Å². The molecule has 2 heterocycles. The van der Waals surface area contributed by atoms with Crippen LogP contribution in [0.5, 0.6) is 11.5 Å². The Morgan fingerprint density at radius 3 is 2.34 bits per heavy atom. The van der Waals surface area contributed by atoms with Crippen LogP contribution in [0.1, 0.15) is 5.69 Å². The molecule has 9 nitrogen and oxygen atoms in total. The largest absolute Gasteiger partial charge is 0.508 e. The first-order valence-corrected chi connectivity index (χ1v) is 8.99. The number of carboxylic acids is 2. The van der Waals surface area contributed by atoms with E-state index >= 15 is 0 Å². The highest BCUT2D eigenvalue weighted by atomic mass is 32.1. The van der Waals surface area contributed by atoms with Gasteiger partial charge in [-0.1, -0.05) is 12.1 Å². The summed E-state index contributed by atoms with van der Waals surface area (Å²) in [6, 6.07) is 12.4. The predicted molar refractivity (Wildman–Crippen MR) is 106 cm³/mol. The van der Waals surface area contributed by atoms with Crippen LogP contribution in [0.4, 0.5) is 0 Å². The normalized spacial score (nSPS) is 10.4. The van der Waals surface area contributed by atoms with Gasteiger partial charge >= 0.3 is 11.9 Å². The van der Waals surface area contributed by atoms with E-state index in [-0.39, 0.29) is 11.5 Å². The van der Waals surface area contributed by atoms with Crippen LogP contribution in [0, 0.1) is 6.92 Å². The number of benzene rings is 2. The fourth-order valence-electron chi connectivity index (χ4n) is 2.59. The zero-order valence-electron chi connectivity index (χ0n) is 14.9. The number of hydrogen-bond donors (Lipinski definition) is 5. The molecular formula is C19H15N3O6S. The van der Waals surface area contributed by atoms with Gasteiger partial charge in [0.2, 0.25) is 0 Å². The molecule has 2 aromatic heterocycles. The van der Waals surface area contributed by atoms with E-state index in [1.807, 2.05) is 31.2 Å². The van der Waals surface area contributed by atoms with Crippen molar-refractivity contribution in [2.75, 3.05) is 0 Å². The van der Waals surface area contributed by atoms with E-state index in [9.17, 15) is 10.2 Å². The lowest BCUT2D eigenvalue weighted by molar-refractivity contribution is -0.159. The average Bonchev–Trinajstić information content (AvgIpc) is 3.25. The second-order valence-corrected chi connectivity index (χ2v) is 6.90. The highest BCUT2D eigenvalue weighted by molar-refractivity contribution is 7.21. The van der Waals surface area contributed by atoms with Gasteiger partial charge in [-0.25, -0.2) is 14.6 Å². The highest BCUT2D eigenvalue weighted by Gasteiger charge is 2.20. The molecule has 0 fully saturated rings. The minimum atomic E-state index is -1.82. The Hall–Kier alpha value is -3.92. The van der Waals surface area contributed by atoms with Gasteiger partial charge < -0.3 is 20.4 Å². The molecule has 10 heteroatoms. The van der Waals surface area contributed by atoms with E-state index in [0.29, 0.717) is 11.3 Å². The molecule has 4 rings (SSSR count). The molecule has 0 spiro atoms. The Bertz CT molecular complexity index is 1170. The van der Waals surface area contributed by atoms with Crippen LogP contribution in [0.25, 0.3) is 32.0 Å². The lowest BCUT2D eigenvalue weighted by Crippen LogP contribution is -2.09. The van der Waals surface area contributed by atoms with Gasteiger partial charge in [-0.2, -0.15) is 5.10 Å². The number of carboxylic acid groups (broad SMARTS) is 2. The third-order valence-corrected chi connectivity index (χ3v) is 4.93. The molecule has 0 saturated heterocycles. The quantitative estimate of drug-likeness (QED) is 0.314. The number of carbonyl (C=O) groups is 2. The fourth-order valence-corrected chi connectivity index (χ4v) is 3.65. The van der Waals surface area contributed by atoms with E-state index in [1.54, 1.807) is 17.4 Å². The summed E-state index contributed by atoms with van der Waals surface area (Å²) in [7, 11) is 0. The number of aromatic nitrogens is 3. The minimum absolute atomic E-state index is 0.0139. The van der Waals surface area contributed by atoms with E-state index in [4.69, 9.17) is 19.8 Å². The predicted octanol–water partition coefficient (Wildman–Crippen LogP) is 3.23. The summed E-state index contributed by atoms with van der Waals surface area (Å²) >= 11 is 1.58. The van der Waals surface area contributed by atoms with Crippen LogP contribution in [0.2, 0.25) is 0 Å². The summed E-state index contributed by atoms with van der Waals surface area (Å²) in [6.45, 7) is 1.93. The molecule has 0 aliphatic carbocycles. The molecule has 0 bridgehead atoms. The van der Waals surface area contributed by atoms with Crippen molar-refractivity contribution in [1.82, 2.24) is 15.2 Å². The zero-order valence-corrected chi connectivity index (χ0v) is 15.8. The number of thiazole rings is 1. The number of nitrogens with one attached hydrogen (secondary N) is 1. The zero-order chi connectivity index (χ0) is 21.1. The van der Waals surface area contributed by atoms with Gasteiger partial charge in [-0.15, -0.1) is 11.3 Å². The second kappa shape index (κ2) is 7.98. The maximum Gasteiger partial charge on any atom is 0.414 e. The van der Waals surface area contributed by atoms with Gasteiger partial charge in [0.05, 0.1) is 15.8 Å². The van der Waals surface area contributed by atoms with Crippen LogP contribution in [-0.2, 0) is 9.59 Å². The van der Waals surface area contributed by atoms with Crippen LogP contribution in [0.15, 0.2) is 42.5 Å². The van der Waals surface area contributed by atoms with Crippen LogP contribution >= 0.6 is 11.3 Å². The fraction of sp³-hybridized carbons (Fsp3) is 0.0526. The Balaban J connectivity index is 0.000000353. The second-order valence-electron chi connectivity index (χ2n) is 5.87. The number of aromatic hydroxyl groups is 2. The van der Waals surface area contributed by atoms with Gasteiger partial charge in [0.1, 0.15) is 22.2 Å². The third kappa shape index (κ3) is 4.17. The SMILES string of the molecule is Cc1[nH]nc(-c2ccc(O)cc2O)c1-c1nc2ccccc2s1.O=C(O)C(=O)O. The molecule has 5 N–H and O–H groups in total. The number of para-hydroxylation sites is 1. The molecule has 0 atom stereocenters. The van der Waals surface area contributed by atoms with Gasteiger partial charge in [0, 0.05) is 17.3 Å². The Labute approximate surface area is 167 Å². The smallest absolute Gasteiger partial charge is 0.414 e. The number of aryl methyl sites for hydroxylation is 1. The molecule has 0 aliphatic rings. The van der Waals surface area contributed by atoms with Crippen LogP contribution in [-0.4, -0.2) is 47.5 Å². The lowest BCUT2D eigenvalue weighted by Gasteiger charge is -2.04. The molecule has 148 valence electrons. The number of H-pyrrole nitrogens is 1. The maximum atomic E-state index is 10.1. The van der Waals surface area contributed by atoms with Gasteiger partial charge in [0.25, 0.3) is 0 Å². The van der Waals surface area contributed by atoms with Crippen molar-refractivity contribution in [2.24, 2.45) is 0 Å². The van der Waals surface area contributed by atoms with Crippen molar-refractivity contribution in [2.45, 2.75) is 6.92 Å². The molecule has 2 aromatic carbocycles. The van der Waals surface area contributed by atoms with Crippen molar-refractivity contribution >= 4 is 33.5 Å². The van der Waals surface area contributed by atoms with Crippen LogP contribution < -0.4 is 0 Å². The first-order valence-electron chi connectivity index (χ1n) is 8.17. The minimum Gasteiger partial charge on any atom is -0.508 e. The van der Waals surface area contributed by atoms with Crippen LogP contribution in [0.3, 0.4) is 0 Å². The van der Waals surface area contributed by atoms with Gasteiger partial charge in [-0.3, -0.25) is 5.10 Å². The highest BCUT2D eigenvalue weighted by Crippen LogP contribution is 2.40. The Morgan fingerprint density at radius 2 is 1.72 bits per heavy atom. The van der Waals surface area contributed by atoms with Crippen molar-refractivity contribution in [3.05, 3.63) is 48.2 Å². The monoisotopic (exact) mass is 413 g/mol. The first kappa shape index (κ1) is 19.8. The third-order valence-electron chi connectivity index (χ3n) is 3.87. The summed E-state index contributed by atoms with van der Waals surface area (Å²) < 4.78 is 1.10. The topological polar surface area (TPSA) is 157 Å². The number of aromatic amines is 1. The molecule has 0 amide bonds. The summed E-state index contributed by atoms with van der Waals surface area (Å²) in [5, 5.41) is 42.5. The lowest BCUT2D eigenvalue weighted by atomic mass is 10.1. The number of nitrogens with zero attached hydrogens (tertiary/aromatic N) is 2. The van der Waals surface area contributed by atoms with Crippen molar-refractivity contribution < 1.29 is 30.0 Å². The molecule has 0 saturated carbocycles. The molecule has 0 aliphatic heterocycles. The number of fused-ring (bicyclic) bond motifs is 1. The number of rotatable bonds is 2. The first-order chi connectivity index (χ1) is 13.8.